The summed E-state index contributed by atoms with van der Waals surface area (Å²) in [5.41, 5.74) is -0.591. The minimum atomic E-state index is -1.16. The maximum Gasteiger partial charge on any atom is 0.341 e. The van der Waals surface area contributed by atoms with E-state index in [-0.39, 0.29) is 11.6 Å². The van der Waals surface area contributed by atoms with Gasteiger partial charge in [-0.05, 0) is 61.8 Å². The fourth-order valence-electron chi connectivity index (χ4n) is 5.10. The van der Waals surface area contributed by atoms with E-state index < -0.39 is 11.5 Å². The predicted octanol–water partition coefficient (Wildman–Crippen LogP) is 1.94. The van der Waals surface area contributed by atoms with E-state index in [2.05, 4.69) is 5.10 Å². The van der Waals surface area contributed by atoms with Crippen molar-refractivity contribution >= 4 is 5.97 Å². The highest BCUT2D eigenvalue weighted by atomic mass is 16.4. The van der Waals surface area contributed by atoms with Crippen molar-refractivity contribution in [3.63, 3.8) is 0 Å². The molecule has 0 aliphatic heterocycles. The molecule has 1 aromatic rings. The molecule has 5 rings (SSSR count). The van der Waals surface area contributed by atoms with Gasteiger partial charge >= 0.3 is 5.97 Å². The molecule has 4 bridgehead atoms. The molecule has 1 N–H and O–H groups in total. The lowest BCUT2D eigenvalue weighted by Gasteiger charge is -2.54. The van der Waals surface area contributed by atoms with Gasteiger partial charge < -0.3 is 5.11 Å². The van der Waals surface area contributed by atoms with Crippen LogP contribution in [0.1, 0.15) is 48.5 Å². The van der Waals surface area contributed by atoms with Crippen molar-refractivity contribution < 1.29 is 9.90 Å². The fraction of sp³-hybridized carbons (Fsp3) is 0.667. The van der Waals surface area contributed by atoms with E-state index in [1.54, 1.807) is 0 Å². The van der Waals surface area contributed by atoms with E-state index in [1.165, 1.54) is 49.0 Å². The Kier molecular flexibility index (Phi) is 2.53. The van der Waals surface area contributed by atoms with E-state index >= 15 is 0 Å². The summed E-state index contributed by atoms with van der Waals surface area (Å²) in [5.74, 6) is 1.52. The summed E-state index contributed by atoms with van der Waals surface area (Å²) >= 11 is 0. The second kappa shape index (κ2) is 4.17. The van der Waals surface area contributed by atoms with Crippen molar-refractivity contribution in [3.8, 4) is 0 Å². The van der Waals surface area contributed by atoms with Gasteiger partial charge in [-0.2, -0.15) is 5.10 Å². The van der Waals surface area contributed by atoms with Crippen molar-refractivity contribution in [3.05, 3.63) is 28.2 Å². The van der Waals surface area contributed by atoms with E-state index in [0.29, 0.717) is 11.8 Å². The number of hydrogen-bond acceptors (Lipinski definition) is 3. The van der Waals surface area contributed by atoms with E-state index in [9.17, 15) is 9.59 Å². The molecular weight excluding hydrogens is 256 g/mol. The number of rotatable bonds is 2. The van der Waals surface area contributed by atoms with Gasteiger partial charge in [0, 0.05) is 6.20 Å². The predicted molar refractivity (Wildman–Crippen MR) is 71.5 cm³/mol. The number of carboxylic acids is 1. The molecular formula is C15H18N2O3. The Balaban J connectivity index is 1.77. The number of hydrogen-bond donors (Lipinski definition) is 1. The molecule has 0 atom stereocenters. The molecule has 0 aromatic carbocycles. The molecule has 0 saturated heterocycles. The lowest BCUT2D eigenvalue weighted by atomic mass is 9.54. The van der Waals surface area contributed by atoms with Crippen LogP contribution in [0.4, 0.5) is 0 Å². The van der Waals surface area contributed by atoms with Crippen molar-refractivity contribution in [2.75, 3.05) is 0 Å². The zero-order valence-electron chi connectivity index (χ0n) is 11.2. The van der Waals surface area contributed by atoms with Crippen LogP contribution in [-0.4, -0.2) is 20.9 Å². The summed E-state index contributed by atoms with van der Waals surface area (Å²) < 4.78 is 1.48. The zero-order valence-corrected chi connectivity index (χ0v) is 11.2. The Morgan fingerprint density at radius 2 is 1.75 bits per heavy atom. The third kappa shape index (κ3) is 1.65. The number of aromatic nitrogens is 2. The largest absolute Gasteiger partial charge is 0.477 e. The van der Waals surface area contributed by atoms with Gasteiger partial charge in [-0.3, -0.25) is 4.79 Å². The highest BCUT2D eigenvalue weighted by Gasteiger charge is 2.49. The Hall–Kier alpha value is -1.65. The third-order valence-corrected chi connectivity index (χ3v) is 5.56. The Morgan fingerprint density at radius 1 is 1.15 bits per heavy atom. The smallest absolute Gasteiger partial charge is 0.341 e. The van der Waals surface area contributed by atoms with Gasteiger partial charge in [0.25, 0.3) is 5.56 Å². The van der Waals surface area contributed by atoms with Gasteiger partial charge in [0.1, 0.15) is 5.56 Å². The first kappa shape index (κ1) is 12.1. The molecule has 0 spiro atoms. The molecule has 4 saturated carbocycles. The monoisotopic (exact) mass is 274 g/mol. The van der Waals surface area contributed by atoms with Gasteiger partial charge in [-0.15, -0.1) is 0 Å². The highest BCUT2D eigenvalue weighted by molar-refractivity contribution is 5.86. The zero-order chi connectivity index (χ0) is 13.9. The number of carbonyl (C=O) groups is 1. The standard InChI is InChI=1S/C15H18N2O3/c18-14-12(15(19)20)1-2-16-17(14)13-10-4-8-3-9(6-10)7-11(13)5-8/h1-2,8-11,13H,3-7H2,(H,19,20). The van der Waals surface area contributed by atoms with Crippen molar-refractivity contribution in [2.45, 2.75) is 38.1 Å². The molecule has 1 aromatic heterocycles. The summed E-state index contributed by atoms with van der Waals surface area (Å²) in [6.07, 6.45) is 7.55. The number of carboxylic acid groups (broad SMARTS) is 1. The quantitative estimate of drug-likeness (QED) is 0.894. The molecule has 1 heterocycles. The maximum absolute atomic E-state index is 12.4. The van der Waals surface area contributed by atoms with Gasteiger partial charge in [-0.1, -0.05) is 0 Å². The number of aromatic carboxylic acids is 1. The molecule has 5 heteroatoms. The maximum atomic E-state index is 12.4. The molecule has 0 radical (unpaired) electrons. The molecule has 4 fully saturated rings. The van der Waals surface area contributed by atoms with Crippen LogP contribution in [0.3, 0.4) is 0 Å². The molecule has 20 heavy (non-hydrogen) atoms. The van der Waals surface area contributed by atoms with Gasteiger partial charge in [0.05, 0.1) is 6.04 Å². The van der Waals surface area contributed by atoms with E-state index in [1.807, 2.05) is 0 Å². The Morgan fingerprint density at radius 3 is 2.30 bits per heavy atom. The van der Waals surface area contributed by atoms with Crippen molar-refractivity contribution in [1.29, 1.82) is 0 Å². The summed E-state index contributed by atoms with van der Waals surface area (Å²) in [4.78, 5) is 23.5. The lowest BCUT2D eigenvalue weighted by molar-refractivity contribution is -0.0356. The molecule has 5 nitrogen and oxygen atoms in total. The van der Waals surface area contributed by atoms with E-state index in [4.69, 9.17) is 5.11 Å². The molecule has 4 aliphatic carbocycles. The topological polar surface area (TPSA) is 72.2 Å². The summed E-state index contributed by atoms with van der Waals surface area (Å²) in [6.45, 7) is 0. The molecule has 0 unspecified atom stereocenters. The first-order valence-electron chi connectivity index (χ1n) is 7.44. The van der Waals surface area contributed by atoms with E-state index in [0.717, 1.165) is 11.8 Å². The first-order chi connectivity index (χ1) is 9.63. The van der Waals surface area contributed by atoms with Gasteiger partial charge in [-0.25, -0.2) is 9.48 Å². The average molecular weight is 274 g/mol. The van der Waals surface area contributed by atoms with Crippen molar-refractivity contribution in [1.82, 2.24) is 9.78 Å². The summed E-state index contributed by atoms with van der Waals surface area (Å²) in [5, 5.41) is 13.3. The summed E-state index contributed by atoms with van der Waals surface area (Å²) in [6, 6.07) is 1.42. The van der Waals surface area contributed by atoms with Crippen LogP contribution in [0.5, 0.6) is 0 Å². The second-order valence-corrected chi connectivity index (χ2v) is 6.72. The molecule has 106 valence electrons. The summed E-state index contributed by atoms with van der Waals surface area (Å²) in [7, 11) is 0. The highest BCUT2D eigenvalue weighted by Crippen LogP contribution is 2.57. The van der Waals surface area contributed by atoms with Crippen LogP contribution in [0, 0.1) is 23.7 Å². The second-order valence-electron chi connectivity index (χ2n) is 6.72. The first-order valence-corrected chi connectivity index (χ1v) is 7.44. The van der Waals surface area contributed by atoms with Gasteiger partial charge in [0.15, 0.2) is 0 Å². The van der Waals surface area contributed by atoms with Crippen LogP contribution in [-0.2, 0) is 0 Å². The normalized spacial score (nSPS) is 38.1. The lowest BCUT2D eigenvalue weighted by Crippen LogP contribution is -2.49. The third-order valence-electron chi connectivity index (χ3n) is 5.56. The minimum Gasteiger partial charge on any atom is -0.477 e. The van der Waals surface area contributed by atoms with Crippen LogP contribution in [0.25, 0.3) is 0 Å². The minimum absolute atomic E-state index is 0.120. The van der Waals surface area contributed by atoms with Crippen LogP contribution >= 0.6 is 0 Å². The number of nitrogens with zero attached hydrogens (tertiary/aromatic N) is 2. The molecule has 4 aliphatic rings. The fourth-order valence-corrected chi connectivity index (χ4v) is 5.10. The van der Waals surface area contributed by atoms with Crippen LogP contribution in [0.15, 0.2) is 17.1 Å². The Labute approximate surface area is 116 Å². The van der Waals surface area contributed by atoms with Crippen LogP contribution < -0.4 is 5.56 Å². The average Bonchev–Trinajstić information content (AvgIpc) is 2.39. The SMILES string of the molecule is O=C(O)c1ccnn(C2C3CC4CC(C3)CC2C4)c1=O. The Bertz CT molecular complexity index is 594. The van der Waals surface area contributed by atoms with Gasteiger partial charge in [0.2, 0.25) is 0 Å². The molecule has 0 amide bonds. The van der Waals surface area contributed by atoms with Crippen LogP contribution in [0.2, 0.25) is 0 Å². The van der Waals surface area contributed by atoms with Crippen molar-refractivity contribution in [2.24, 2.45) is 23.7 Å².